The average molecular weight is 607 g/mol. The zero-order chi connectivity index (χ0) is 31.9. The summed E-state index contributed by atoms with van der Waals surface area (Å²) >= 11 is 0. The Morgan fingerprint density at radius 3 is 1.26 bits per heavy atom. The minimum absolute atomic E-state index is 0.338. The molecule has 6 aromatic carbocycles. The standard InChI is InChI=1S/C40H30O6/c1-43-31-19-11-27(12-20-31)15-25-37(41)45-35-23-17-29-7-3-5-9-33(29)39(35)40-34-10-6-4-8-30(34)18-24-36(40)46-38(42)26-16-28-13-21-32(44-2)22-14-28/h3-26H,1-2H3. The summed E-state index contributed by atoms with van der Waals surface area (Å²) in [5.41, 5.74) is 2.93. The van der Waals surface area contributed by atoms with Crippen molar-refractivity contribution in [2.45, 2.75) is 0 Å². The van der Waals surface area contributed by atoms with E-state index in [0.29, 0.717) is 22.6 Å². The van der Waals surface area contributed by atoms with E-state index in [1.807, 2.05) is 109 Å². The van der Waals surface area contributed by atoms with Crippen LogP contribution in [0.3, 0.4) is 0 Å². The number of methoxy groups -OCH3 is 2. The first-order valence-electron chi connectivity index (χ1n) is 14.6. The van der Waals surface area contributed by atoms with Crippen LogP contribution in [0, 0.1) is 0 Å². The maximum absolute atomic E-state index is 13.2. The van der Waals surface area contributed by atoms with Crippen molar-refractivity contribution in [1.82, 2.24) is 0 Å². The lowest BCUT2D eigenvalue weighted by molar-refractivity contribution is -0.129. The molecule has 0 aliphatic heterocycles. The zero-order valence-electron chi connectivity index (χ0n) is 25.3. The second-order valence-electron chi connectivity index (χ2n) is 10.4. The van der Waals surface area contributed by atoms with Gasteiger partial charge in [-0.1, -0.05) is 84.9 Å². The van der Waals surface area contributed by atoms with E-state index in [1.54, 1.807) is 38.5 Å². The van der Waals surface area contributed by atoms with Crippen molar-refractivity contribution in [1.29, 1.82) is 0 Å². The van der Waals surface area contributed by atoms with Gasteiger partial charge in [-0.05, 0) is 81.2 Å². The van der Waals surface area contributed by atoms with Gasteiger partial charge in [0.25, 0.3) is 0 Å². The van der Waals surface area contributed by atoms with E-state index in [-0.39, 0.29) is 0 Å². The molecular weight excluding hydrogens is 576 g/mol. The van der Waals surface area contributed by atoms with Gasteiger partial charge in [0, 0.05) is 23.3 Å². The smallest absolute Gasteiger partial charge is 0.336 e. The third-order valence-electron chi connectivity index (χ3n) is 7.51. The highest BCUT2D eigenvalue weighted by Crippen LogP contribution is 2.45. The SMILES string of the molecule is COc1ccc(C=CC(=O)Oc2ccc3ccccc3c2-c2c(OC(=O)C=Cc3ccc(OC)cc3)ccc3ccccc23)cc1. The fourth-order valence-electron chi connectivity index (χ4n) is 5.23. The number of carbonyl (C=O) groups is 2. The number of hydrogen-bond acceptors (Lipinski definition) is 6. The summed E-state index contributed by atoms with van der Waals surface area (Å²) in [6.07, 6.45) is 6.13. The molecule has 6 heteroatoms. The van der Waals surface area contributed by atoms with Crippen molar-refractivity contribution >= 4 is 45.6 Å². The Bertz CT molecular complexity index is 1940. The molecule has 0 aromatic heterocycles. The van der Waals surface area contributed by atoms with Crippen LogP contribution in [-0.2, 0) is 9.59 Å². The van der Waals surface area contributed by atoms with Gasteiger partial charge in [0.15, 0.2) is 0 Å². The fraction of sp³-hybridized carbons (Fsp3) is 0.0500. The van der Waals surface area contributed by atoms with E-state index in [0.717, 1.165) is 44.2 Å². The molecule has 0 unspecified atom stereocenters. The molecule has 0 saturated carbocycles. The first kappa shape index (κ1) is 29.9. The Labute approximate surface area is 266 Å². The van der Waals surface area contributed by atoms with Gasteiger partial charge in [0.1, 0.15) is 23.0 Å². The Balaban J connectivity index is 1.40. The van der Waals surface area contributed by atoms with Crippen molar-refractivity contribution in [3.05, 3.63) is 145 Å². The van der Waals surface area contributed by atoms with Crippen LogP contribution in [0.2, 0.25) is 0 Å². The molecule has 0 atom stereocenters. The minimum atomic E-state index is -0.548. The molecule has 0 N–H and O–H groups in total. The summed E-state index contributed by atoms with van der Waals surface area (Å²) in [7, 11) is 3.20. The minimum Gasteiger partial charge on any atom is -0.497 e. The number of ether oxygens (including phenoxy) is 4. The quantitative estimate of drug-likeness (QED) is 0.0930. The molecule has 6 rings (SSSR count). The summed E-state index contributed by atoms with van der Waals surface area (Å²) in [5.74, 6) is 1.03. The molecule has 226 valence electrons. The summed E-state index contributed by atoms with van der Waals surface area (Å²) < 4.78 is 22.4. The lowest BCUT2D eigenvalue weighted by Gasteiger charge is -2.18. The van der Waals surface area contributed by atoms with Crippen molar-refractivity contribution in [2.75, 3.05) is 14.2 Å². The maximum atomic E-state index is 13.2. The summed E-state index contributed by atoms with van der Waals surface area (Å²) in [4.78, 5) is 26.4. The van der Waals surface area contributed by atoms with Crippen LogP contribution in [0.25, 0.3) is 44.8 Å². The molecule has 46 heavy (non-hydrogen) atoms. The second kappa shape index (κ2) is 13.7. The highest BCUT2D eigenvalue weighted by molar-refractivity contribution is 6.11. The van der Waals surface area contributed by atoms with Gasteiger partial charge < -0.3 is 18.9 Å². The van der Waals surface area contributed by atoms with E-state index >= 15 is 0 Å². The maximum Gasteiger partial charge on any atom is 0.336 e. The highest BCUT2D eigenvalue weighted by Gasteiger charge is 2.21. The Kier molecular flexibility index (Phi) is 8.88. The van der Waals surface area contributed by atoms with Crippen LogP contribution in [0.4, 0.5) is 0 Å². The van der Waals surface area contributed by atoms with Gasteiger partial charge in [0.05, 0.1) is 14.2 Å². The molecular formula is C40H30O6. The van der Waals surface area contributed by atoms with Crippen LogP contribution < -0.4 is 18.9 Å². The predicted octanol–water partition coefficient (Wildman–Crippen LogP) is 8.91. The number of benzene rings is 6. The number of hydrogen-bond donors (Lipinski definition) is 0. The monoisotopic (exact) mass is 606 g/mol. The highest BCUT2D eigenvalue weighted by atomic mass is 16.5. The van der Waals surface area contributed by atoms with Gasteiger partial charge in [-0.15, -0.1) is 0 Å². The molecule has 0 aliphatic carbocycles. The number of fused-ring (bicyclic) bond motifs is 2. The summed E-state index contributed by atoms with van der Waals surface area (Å²) in [5, 5.41) is 3.56. The summed E-state index contributed by atoms with van der Waals surface area (Å²) in [6.45, 7) is 0. The van der Waals surface area contributed by atoms with E-state index in [2.05, 4.69) is 0 Å². The lowest BCUT2D eigenvalue weighted by atomic mass is 9.92. The molecule has 0 amide bonds. The first-order chi connectivity index (χ1) is 22.5. The molecule has 0 radical (unpaired) electrons. The molecule has 0 heterocycles. The van der Waals surface area contributed by atoms with Crippen molar-refractivity contribution in [3.63, 3.8) is 0 Å². The number of esters is 2. The normalized spacial score (nSPS) is 11.3. The van der Waals surface area contributed by atoms with Crippen LogP contribution >= 0.6 is 0 Å². The Morgan fingerprint density at radius 2 is 0.870 bits per heavy atom. The van der Waals surface area contributed by atoms with Crippen molar-refractivity contribution in [3.8, 4) is 34.1 Å². The third kappa shape index (κ3) is 6.66. The molecule has 6 aromatic rings. The van der Waals surface area contributed by atoms with Crippen LogP contribution in [-0.4, -0.2) is 26.2 Å². The molecule has 6 nitrogen and oxygen atoms in total. The van der Waals surface area contributed by atoms with Gasteiger partial charge in [-0.3, -0.25) is 0 Å². The molecule has 0 fully saturated rings. The van der Waals surface area contributed by atoms with Crippen molar-refractivity contribution < 1.29 is 28.5 Å². The Hall–Kier alpha value is -6.14. The molecule has 0 saturated heterocycles. The van der Waals surface area contributed by atoms with E-state index < -0.39 is 11.9 Å². The van der Waals surface area contributed by atoms with Gasteiger partial charge in [0.2, 0.25) is 0 Å². The van der Waals surface area contributed by atoms with E-state index in [1.165, 1.54) is 12.2 Å². The zero-order valence-corrected chi connectivity index (χ0v) is 25.3. The van der Waals surface area contributed by atoms with E-state index in [4.69, 9.17) is 18.9 Å². The first-order valence-corrected chi connectivity index (χ1v) is 14.6. The second-order valence-corrected chi connectivity index (χ2v) is 10.4. The number of carbonyl (C=O) groups excluding carboxylic acids is 2. The molecule has 0 aliphatic rings. The molecule has 0 bridgehead atoms. The number of rotatable bonds is 9. The van der Waals surface area contributed by atoms with Crippen LogP contribution in [0.5, 0.6) is 23.0 Å². The summed E-state index contributed by atoms with van der Waals surface area (Å²) in [6, 6.07) is 37.7. The Morgan fingerprint density at radius 1 is 0.478 bits per heavy atom. The third-order valence-corrected chi connectivity index (χ3v) is 7.51. The largest absolute Gasteiger partial charge is 0.497 e. The van der Waals surface area contributed by atoms with Crippen LogP contribution in [0.15, 0.2) is 133 Å². The van der Waals surface area contributed by atoms with Crippen molar-refractivity contribution in [2.24, 2.45) is 0 Å². The van der Waals surface area contributed by atoms with Crippen LogP contribution in [0.1, 0.15) is 11.1 Å². The van der Waals surface area contributed by atoms with Gasteiger partial charge in [-0.2, -0.15) is 0 Å². The topological polar surface area (TPSA) is 71.1 Å². The predicted molar refractivity (Wildman–Crippen MR) is 182 cm³/mol. The fourth-order valence-corrected chi connectivity index (χ4v) is 5.23. The lowest BCUT2D eigenvalue weighted by Crippen LogP contribution is -2.07. The molecule has 0 spiro atoms. The average Bonchev–Trinajstić information content (AvgIpc) is 3.10. The van der Waals surface area contributed by atoms with Gasteiger partial charge in [-0.25, -0.2) is 9.59 Å². The van der Waals surface area contributed by atoms with Gasteiger partial charge >= 0.3 is 11.9 Å². The van der Waals surface area contributed by atoms with E-state index in [9.17, 15) is 9.59 Å².